The zero-order valence-electron chi connectivity index (χ0n) is 18.7. The van der Waals surface area contributed by atoms with Crippen molar-refractivity contribution in [3.05, 3.63) is 35.3 Å². The van der Waals surface area contributed by atoms with Crippen LogP contribution in [-0.4, -0.2) is 71.0 Å². The van der Waals surface area contributed by atoms with Gasteiger partial charge in [0.15, 0.2) is 17.3 Å². The van der Waals surface area contributed by atoms with Crippen LogP contribution in [-0.2, 0) is 13.5 Å². The van der Waals surface area contributed by atoms with Crippen LogP contribution in [0, 0.1) is 6.92 Å². The van der Waals surface area contributed by atoms with Crippen LogP contribution in [0.1, 0.15) is 28.8 Å². The first-order valence-electron chi connectivity index (χ1n) is 10.4. The lowest BCUT2D eigenvalue weighted by Gasteiger charge is -2.35. The monoisotopic (exact) mass is 424 g/mol. The molecular weight excluding hydrogens is 396 g/mol. The Morgan fingerprint density at radius 3 is 2.42 bits per heavy atom. The summed E-state index contributed by atoms with van der Waals surface area (Å²) in [5.41, 5.74) is 3.33. The molecule has 1 fully saturated rings. The molecule has 0 aliphatic carbocycles. The first kappa shape index (κ1) is 20.9. The van der Waals surface area contributed by atoms with Crippen LogP contribution in [0.5, 0.6) is 11.5 Å². The lowest BCUT2D eigenvalue weighted by molar-refractivity contribution is 0.0746. The molecule has 0 bridgehead atoms. The summed E-state index contributed by atoms with van der Waals surface area (Å²) in [6, 6.07) is 5.26. The largest absolute Gasteiger partial charge is 0.493 e. The van der Waals surface area contributed by atoms with Gasteiger partial charge in [-0.3, -0.25) is 9.48 Å². The zero-order valence-corrected chi connectivity index (χ0v) is 18.7. The number of piperazine rings is 1. The molecule has 0 radical (unpaired) electrons. The minimum Gasteiger partial charge on any atom is -0.493 e. The molecule has 1 aliphatic heterocycles. The molecule has 3 heterocycles. The van der Waals surface area contributed by atoms with Crippen LogP contribution in [0.4, 0.5) is 5.82 Å². The van der Waals surface area contributed by atoms with E-state index < -0.39 is 0 Å². The summed E-state index contributed by atoms with van der Waals surface area (Å²) in [5.74, 6) is 2.84. The lowest BCUT2D eigenvalue weighted by atomic mass is 10.1. The molecule has 1 aromatic carbocycles. The molecule has 1 amide bonds. The summed E-state index contributed by atoms with van der Waals surface area (Å²) in [5, 5.41) is 4.54. The lowest BCUT2D eigenvalue weighted by Crippen LogP contribution is -2.49. The van der Waals surface area contributed by atoms with E-state index in [1.54, 1.807) is 32.4 Å². The van der Waals surface area contributed by atoms with Crippen molar-refractivity contribution in [2.45, 2.75) is 20.3 Å². The maximum atomic E-state index is 13.1. The maximum absolute atomic E-state index is 13.1. The molecule has 164 valence electrons. The molecule has 1 saturated heterocycles. The van der Waals surface area contributed by atoms with E-state index >= 15 is 0 Å². The molecule has 9 nitrogen and oxygen atoms in total. The third-order valence-electron chi connectivity index (χ3n) is 5.69. The Bertz CT molecular complexity index is 1120. The van der Waals surface area contributed by atoms with E-state index in [0.29, 0.717) is 43.2 Å². The first-order valence-corrected chi connectivity index (χ1v) is 10.4. The molecule has 0 unspecified atom stereocenters. The molecule has 2 aromatic heterocycles. The van der Waals surface area contributed by atoms with Crippen molar-refractivity contribution in [3.63, 3.8) is 0 Å². The normalized spacial score (nSPS) is 14.2. The molecule has 0 atom stereocenters. The Hall–Kier alpha value is -3.36. The van der Waals surface area contributed by atoms with Crippen LogP contribution in [0.25, 0.3) is 11.0 Å². The van der Waals surface area contributed by atoms with Gasteiger partial charge in [-0.05, 0) is 25.1 Å². The van der Waals surface area contributed by atoms with E-state index in [1.807, 2.05) is 23.6 Å². The molecule has 9 heteroatoms. The van der Waals surface area contributed by atoms with Gasteiger partial charge in [-0.1, -0.05) is 6.92 Å². The highest BCUT2D eigenvalue weighted by Crippen LogP contribution is 2.29. The Kier molecular flexibility index (Phi) is 5.67. The van der Waals surface area contributed by atoms with Gasteiger partial charge in [0.25, 0.3) is 5.91 Å². The minimum absolute atomic E-state index is 0.0148. The molecule has 4 rings (SSSR count). The van der Waals surface area contributed by atoms with Crippen molar-refractivity contribution in [1.29, 1.82) is 0 Å². The highest BCUT2D eigenvalue weighted by Gasteiger charge is 2.26. The van der Waals surface area contributed by atoms with Gasteiger partial charge in [-0.25, -0.2) is 9.97 Å². The van der Waals surface area contributed by atoms with E-state index in [1.165, 1.54) is 0 Å². The van der Waals surface area contributed by atoms with E-state index in [-0.39, 0.29) is 5.91 Å². The molecule has 0 saturated carbocycles. The number of fused-ring (bicyclic) bond motifs is 1. The van der Waals surface area contributed by atoms with Gasteiger partial charge in [-0.2, -0.15) is 5.10 Å². The third kappa shape index (κ3) is 3.75. The van der Waals surface area contributed by atoms with Crippen molar-refractivity contribution >= 4 is 22.8 Å². The third-order valence-corrected chi connectivity index (χ3v) is 5.69. The van der Waals surface area contributed by atoms with Crippen LogP contribution in [0.3, 0.4) is 0 Å². The van der Waals surface area contributed by atoms with E-state index in [9.17, 15) is 4.79 Å². The number of carbonyl (C=O) groups is 1. The highest BCUT2D eigenvalue weighted by molar-refractivity contribution is 5.95. The number of ether oxygens (including phenoxy) is 2. The molecule has 1 aliphatic rings. The molecule has 0 spiro atoms. The summed E-state index contributed by atoms with van der Waals surface area (Å²) < 4.78 is 12.5. The summed E-state index contributed by atoms with van der Waals surface area (Å²) in [4.78, 5) is 26.6. The fourth-order valence-corrected chi connectivity index (χ4v) is 4.01. The minimum atomic E-state index is -0.0148. The van der Waals surface area contributed by atoms with Gasteiger partial charge in [0.1, 0.15) is 16.9 Å². The number of hydrogen-bond donors (Lipinski definition) is 0. The van der Waals surface area contributed by atoms with Crippen molar-refractivity contribution in [3.8, 4) is 11.5 Å². The van der Waals surface area contributed by atoms with Gasteiger partial charge < -0.3 is 19.3 Å². The number of aryl methyl sites for hydroxylation is 3. The van der Waals surface area contributed by atoms with Gasteiger partial charge in [0.05, 0.1) is 19.9 Å². The number of hydrogen-bond acceptors (Lipinski definition) is 7. The van der Waals surface area contributed by atoms with Crippen LogP contribution < -0.4 is 14.4 Å². The first-order chi connectivity index (χ1) is 15.0. The number of rotatable bonds is 5. The van der Waals surface area contributed by atoms with Crippen molar-refractivity contribution in [2.24, 2.45) is 7.05 Å². The quantitative estimate of drug-likeness (QED) is 0.621. The second-order valence-corrected chi connectivity index (χ2v) is 7.57. The molecule has 31 heavy (non-hydrogen) atoms. The van der Waals surface area contributed by atoms with Crippen LogP contribution in [0.15, 0.2) is 18.2 Å². The number of anilines is 1. The average molecular weight is 425 g/mol. The van der Waals surface area contributed by atoms with Gasteiger partial charge in [0.2, 0.25) is 0 Å². The van der Waals surface area contributed by atoms with Crippen LogP contribution >= 0.6 is 0 Å². The fraction of sp³-hybridized carbons (Fsp3) is 0.455. The smallest absolute Gasteiger partial charge is 0.254 e. The van der Waals surface area contributed by atoms with Crippen molar-refractivity contribution in [1.82, 2.24) is 24.6 Å². The highest BCUT2D eigenvalue weighted by atomic mass is 16.5. The number of methoxy groups -OCH3 is 2. The zero-order chi connectivity index (χ0) is 22.1. The Morgan fingerprint density at radius 2 is 1.77 bits per heavy atom. The molecule has 0 N–H and O–H groups in total. The van der Waals surface area contributed by atoms with Gasteiger partial charge in [-0.15, -0.1) is 0 Å². The summed E-state index contributed by atoms with van der Waals surface area (Å²) in [6.07, 6.45) is 0.759. The summed E-state index contributed by atoms with van der Waals surface area (Å²) >= 11 is 0. The number of benzene rings is 1. The van der Waals surface area contributed by atoms with E-state index in [0.717, 1.165) is 34.8 Å². The second kappa shape index (κ2) is 8.41. The average Bonchev–Trinajstić information content (AvgIpc) is 3.10. The number of carbonyl (C=O) groups excluding carboxylic acids is 1. The standard InChI is InChI=1S/C22H28N6O3/c1-6-18-23-19-14(2)25-26(3)20(19)21(24-18)27-9-11-28(12-10-27)22(29)15-7-8-16(30-4)17(13-15)31-5/h7-8,13H,6,9-12H2,1-5H3. The molecule has 3 aromatic rings. The van der Waals surface area contributed by atoms with Gasteiger partial charge in [0, 0.05) is 45.2 Å². The predicted octanol–water partition coefficient (Wildman–Crippen LogP) is 2.21. The van der Waals surface area contributed by atoms with Crippen molar-refractivity contribution in [2.75, 3.05) is 45.3 Å². The molecular formula is C22H28N6O3. The topological polar surface area (TPSA) is 85.6 Å². The number of aromatic nitrogens is 4. The number of nitrogens with zero attached hydrogens (tertiary/aromatic N) is 6. The Labute approximate surface area is 181 Å². The Balaban J connectivity index is 1.55. The maximum Gasteiger partial charge on any atom is 0.254 e. The van der Waals surface area contributed by atoms with Gasteiger partial charge >= 0.3 is 0 Å². The summed E-state index contributed by atoms with van der Waals surface area (Å²) in [6.45, 7) is 6.62. The summed E-state index contributed by atoms with van der Waals surface area (Å²) in [7, 11) is 5.07. The number of amides is 1. The Morgan fingerprint density at radius 1 is 1.06 bits per heavy atom. The van der Waals surface area contributed by atoms with Crippen molar-refractivity contribution < 1.29 is 14.3 Å². The fourth-order valence-electron chi connectivity index (χ4n) is 4.01. The van der Waals surface area contributed by atoms with Crippen LogP contribution in [0.2, 0.25) is 0 Å². The second-order valence-electron chi connectivity index (χ2n) is 7.57. The predicted molar refractivity (Wildman–Crippen MR) is 118 cm³/mol. The van der Waals surface area contributed by atoms with E-state index in [2.05, 4.69) is 21.9 Å². The van der Waals surface area contributed by atoms with E-state index in [4.69, 9.17) is 14.5 Å². The SMILES string of the molecule is CCc1nc(N2CCN(C(=O)c3ccc(OC)c(OC)c3)CC2)c2c(n1)c(C)nn2C.